The minimum atomic E-state index is -0.442. The predicted molar refractivity (Wildman–Crippen MR) is 123 cm³/mol. The maximum Gasteiger partial charge on any atom is 0.407 e. The van der Waals surface area contributed by atoms with Gasteiger partial charge in [-0.2, -0.15) is 0 Å². The van der Waals surface area contributed by atoms with E-state index in [9.17, 15) is 4.79 Å². The first-order valence-electron chi connectivity index (χ1n) is 11.8. The van der Waals surface area contributed by atoms with Crippen LogP contribution in [-0.2, 0) is 4.74 Å². The molecule has 168 valence electrons. The van der Waals surface area contributed by atoms with E-state index in [1.54, 1.807) is 0 Å². The summed E-state index contributed by atoms with van der Waals surface area (Å²) in [5.74, 6) is 1.16. The summed E-state index contributed by atoms with van der Waals surface area (Å²) in [5, 5.41) is 6.59. The van der Waals surface area contributed by atoms with Crippen LogP contribution in [0.3, 0.4) is 0 Å². The molecule has 2 fully saturated rings. The van der Waals surface area contributed by atoms with E-state index >= 15 is 0 Å². The van der Waals surface area contributed by atoms with E-state index in [0.29, 0.717) is 29.8 Å². The SMILES string of the molecule is CC1(C)CCC(c2ccc(NC3CCC(CNC(=O)OC(C)(C)C)CC3)cn2)CC1. The second-order valence-corrected chi connectivity index (χ2v) is 11.2. The quantitative estimate of drug-likeness (QED) is 0.596. The molecule has 0 radical (unpaired) electrons. The van der Waals surface area contributed by atoms with Crippen LogP contribution >= 0.6 is 0 Å². The smallest absolute Gasteiger partial charge is 0.407 e. The number of hydrogen-bond donors (Lipinski definition) is 2. The molecule has 2 aliphatic rings. The lowest BCUT2D eigenvalue weighted by Crippen LogP contribution is -2.37. The largest absolute Gasteiger partial charge is 0.444 e. The molecular weight excluding hydrogens is 374 g/mol. The highest BCUT2D eigenvalue weighted by molar-refractivity contribution is 5.67. The first-order valence-corrected chi connectivity index (χ1v) is 11.8. The van der Waals surface area contributed by atoms with Crippen molar-refractivity contribution >= 4 is 11.8 Å². The summed E-state index contributed by atoms with van der Waals surface area (Å²) in [4.78, 5) is 16.6. The Morgan fingerprint density at radius 3 is 2.33 bits per heavy atom. The average Bonchev–Trinajstić information content (AvgIpc) is 2.67. The molecule has 1 amide bonds. The van der Waals surface area contributed by atoms with E-state index < -0.39 is 5.60 Å². The summed E-state index contributed by atoms with van der Waals surface area (Å²) in [5.41, 5.74) is 2.44. The van der Waals surface area contributed by atoms with Crippen LogP contribution in [0, 0.1) is 11.3 Å². The van der Waals surface area contributed by atoms with Crippen molar-refractivity contribution < 1.29 is 9.53 Å². The van der Waals surface area contributed by atoms with Gasteiger partial charge in [-0.25, -0.2) is 4.79 Å². The Morgan fingerprint density at radius 1 is 1.10 bits per heavy atom. The number of carbonyl (C=O) groups is 1. The maximum atomic E-state index is 11.8. The van der Waals surface area contributed by atoms with Gasteiger partial charge in [-0.1, -0.05) is 13.8 Å². The van der Waals surface area contributed by atoms with Gasteiger partial charge in [0.1, 0.15) is 5.60 Å². The Morgan fingerprint density at radius 2 is 1.77 bits per heavy atom. The monoisotopic (exact) mass is 415 g/mol. The molecule has 0 spiro atoms. The number of nitrogens with zero attached hydrogens (tertiary/aromatic N) is 1. The minimum Gasteiger partial charge on any atom is -0.444 e. The highest BCUT2D eigenvalue weighted by Gasteiger charge is 2.28. The molecule has 5 nitrogen and oxygen atoms in total. The number of anilines is 1. The van der Waals surface area contributed by atoms with Gasteiger partial charge in [-0.15, -0.1) is 0 Å². The van der Waals surface area contributed by atoms with Crippen LogP contribution in [-0.4, -0.2) is 29.3 Å². The van der Waals surface area contributed by atoms with Crippen LogP contribution in [0.4, 0.5) is 10.5 Å². The number of pyridine rings is 1. The van der Waals surface area contributed by atoms with Gasteiger partial charge < -0.3 is 15.4 Å². The van der Waals surface area contributed by atoms with Crippen molar-refractivity contribution in [1.29, 1.82) is 0 Å². The third-order valence-electron chi connectivity index (χ3n) is 6.70. The Kier molecular flexibility index (Phi) is 7.30. The Hall–Kier alpha value is -1.78. The van der Waals surface area contributed by atoms with Gasteiger partial charge in [-0.05, 0) is 95.6 Å². The van der Waals surface area contributed by atoms with E-state index in [0.717, 1.165) is 31.4 Å². The first-order chi connectivity index (χ1) is 14.1. The second kappa shape index (κ2) is 9.57. The Balaban J connectivity index is 1.38. The van der Waals surface area contributed by atoms with Crippen molar-refractivity contribution in [3.05, 3.63) is 24.0 Å². The van der Waals surface area contributed by atoms with Gasteiger partial charge in [0.05, 0.1) is 11.9 Å². The molecule has 0 aromatic carbocycles. The zero-order chi connectivity index (χ0) is 21.8. The highest BCUT2D eigenvalue weighted by Crippen LogP contribution is 2.42. The summed E-state index contributed by atoms with van der Waals surface area (Å²) < 4.78 is 5.32. The maximum absolute atomic E-state index is 11.8. The fourth-order valence-electron chi connectivity index (χ4n) is 4.72. The molecule has 3 rings (SSSR count). The molecule has 1 aromatic rings. The van der Waals surface area contributed by atoms with Gasteiger partial charge in [0.2, 0.25) is 0 Å². The average molecular weight is 416 g/mol. The fraction of sp³-hybridized carbons (Fsp3) is 0.760. The molecule has 0 bridgehead atoms. The normalized spacial score (nSPS) is 24.8. The van der Waals surface area contributed by atoms with E-state index in [4.69, 9.17) is 9.72 Å². The number of nitrogens with one attached hydrogen (secondary N) is 2. The molecule has 2 saturated carbocycles. The number of rotatable bonds is 5. The zero-order valence-electron chi connectivity index (χ0n) is 19.6. The third kappa shape index (κ3) is 7.17. The lowest BCUT2D eigenvalue weighted by atomic mass is 9.72. The van der Waals surface area contributed by atoms with Gasteiger partial charge in [-0.3, -0.25) is 4.98 Å². The highest BCUT2D eigenvalue weighted by atomic mass is 16.6. The first kappa shape index (κ1) is 22.9. The summed E-state index contributed by atoms with van der Waals surface area (Å²) in [6.07, 6.45) is 11.3. The lowest BCUT2D eigenvalue weighted by Gasteiger charge is -2.34. The lowest BCUT2D eigenvalue weighted by molar-refractivity contribution is 0.0515. The predicted octanol–water partition coefficient (Wildman–Crippen LogP) is 6.26. The minimum absolute atomic E-state index is 0.310. The van der Waals surface area contributed by atoms with Crippen LogP contribution in [0.25, 0.3) is 0 Å². The van der Waals surface area contributed by atoms with E-state index in [1.165, 1.54) is 31.4 Å². The van der Waals surface area contributed by atoms with Gasteiger partial charge in [0.25, 0.3) is 0 Å². The van der Waals surface area contributed by atoms with Crippen LogP contribution in [0.5, 0.6) is 0 Å². The van der Waals surface area contributed by atoms with Gasteiger partial charge >= 0.3 is 6.09 Å². The van der Waals surface area contributed by atoms with Crippen molar-refractivity contribution in [3.63, 3.8) is 0 Å². The number of aromatic nitrogens is 1. The van der Waals surface area contributed by atoms with Gasteiger partial charge in [0, 0.05) is 24.2 Å². The van der Waals surface area contributed by atoms with E-state index in [2.05, 4.69) is 36.6 Å². The van der Waals surface area contributed by atoms with Crippen molar-refractivity contribution in [2.45, 2.75) is 104 Å². The second-order valence-electron chi connectivity index (χ2n) is 11.2. The molecule has 1 heterocycles. The Bertz CT molecular complexity index is 675. The number of ether oxygens (including phenoxy) is 1. The standard InChI is InChI=1S/C25H41N3O2/c1-24(2,3)30-23(29)27-16-18-6-8-20(9-7-18)28-21-10-11-22(26-17-21)19-12-14-25(4,5)15-13-19/h10-11,17-20,28H,6-9,12-16H2,1-5H3,(H,27,29). The molecule has 0 saturated heterocycles. The van der Waals surface area contributed by atoms with Gasteiger partial charge in [0.15, 0.2) is 0 Å². The molecule has 0 atom stereocenters. The number of hydrogen-bond acceptors (Lipinski definition) is 4. The Labute approximate surface area is 182 Å². The van der Waals surface area contributed by atoms with Crippen LogP contribution in [0.2, 0.25) is 0 Å². The summed E-state index contributed by atoms with van der Waals surface area (Å²) in [6, 6.07) is 4.92. The zero-order valence-corrected chi connectivity index (χ0v) is 19.6. The topological polar surface area (TPSA) is 63.2 Å². The third-order valence-corrected chi connectivity index (χ3v) is 6.70. The molecule has 5 heteroatoms. The molecule has 0 unspecified atom stereocenters. The van der Waals surface area contributed by atoms with Crippen LogP contribution < -0.4 is 10.6 Å². The van der Waals surface area contributed by atoms with Crippen LogP contribution in [0.15, 0.2) is 18.3 Å². The molecule has 1 aromatic heterocycles. The molecular formula is C25H41N3O2. The molecule has 2 aliphatic carbocycles. The van der Waals surface area contributed by atoms with Crippen molar-refractivity contribution in [3.8, 4) is 0 Å². The van der Waals surface area contributed by atoms with Crippen molar-refractivity contribution in [2.24, 2.45) is 11.3 Å². The van der Waals surface area contributed by atoms with E-state index in [-0.39, 0.29) is 6.09 Å². The summed E-state index contributed by atoms with van der Waals surface area (Å²) in [6.45, 7) is 11.1. The molecule has 2 N–H and O–H groups in total. The number of amides is 1. The fourth-order valence-corrected chi connectivity index (χ4v) is 4.72. The van der Waals surface area contributed by atoms with Crippen molar-refractivity contribution in [1.82, 2.24) is 10.3 Å². The van der Waals surface area contributed by atoms with Crippen LogP contribution in [0.1, 0.15) is 97.6 Å². The molecule has 0 aliphatic heterocycles. The number of carbonyl (C=O) groups excluding carboxylic acids is 1. The number of alkyl carbamates (subject to hydrolysis) is 1. The van der Waals surface area contributed by atoms with E-state index in [1.807, 2.05) is 27.0 Å². The molecule has 30 heavy (non-hydrogen) atoms. The van der Waals surface area contributed by atoms with Crippen molar-refractivity contribution in [2.75, 3.05) is 11.9 Å². The summed E-state index contributed by atoms with van der Waals surface area (Å²) in [7, 11) is 0. The summed E-state index contributed by atoms with van der Waals surface area (Å²) >= 11 is 0.